The van der Waals surface area contributed by atoms with Crippen LogP contribution in [0.25, 0.3) is 0 Å². The van der Waals surface area contributed by atoms with Gasteiger partial charge in [-0.15, -0.1) is 0 Å². The Hall–Kier alpha value is -3.92. The molecule has 0 heterocycles. The van der Waals surface area contributed by atoms with Gasteiger partial charge in [0.25, 0.3) is 0 Å². The fourth-order valence-corrected chi connectivity index (χ4v) is 4.27. The molecule has 0 spiro atoms. The maximum Gasteiger partial charge on any atom is 0.0640 e. The highest BCUT2D eigenvalue weighted by atomic mass is 15.0. The standard InChI is InChI=1S/C31H32N4/c1-30(2,3)35-26-16-14-24(15-17-26)33-22-8-6-21(7-9-22)32-23-10-12-25(13-11-23)34-27-18-19-28-29(20-27)31(28,4)5/h6-20,33,35H,1-5H3. The lowest BCUT2D eigenvalue weighted by molar-refractivity contribution is 0.634. The number of rotatable bonds is 5. The third-order valence-corrected chi connectivity index (χ3v) is 6.21. The van der Waals surface area contributed by atoms with Crippen molar-refractivity contribution in [3.05, 3.63) is 102 Å². The van der Waals surface area contributed by atoms with Crippen molar-refractivity contribution in [1.29, 1.82) is 0 Å². The smallest absolute Gasteiger partial charge is 0.0640 e. The van der Waals surface area contributed by atoms with Crippen molar-refractivity contribution in [3.8, 4) is 0 Å². The van der Waals surface area contributed by atoms with E-state index < -0.39 is 0 Å². The van der Waals surface area contributed by atoms with Crippen LogP contribution in [-0.2, 0) is 5.41 Å². The van der Waals surface area contributed by atoms with E-state index in [4.69, 9.17) is 9.98 Å². The Morgan fingerprint density at radius 1 is 0.600 bits per heavy atom. The first-order chi connectivity index (χ1) is 16.7. The predicted octanol–water partition coefficient (Wildman–Crippen LogP) is 8.25. The number of nitrogens with zero attached hydrogens (tertiary/aromatic N) is 2. The quantitative estimate of drug-likeness (QED) is 0.377. The number of anilines is 3. The Morgan fingerprint density at radius 3 is 1.63 bits per heavy atom. The molecule has 4 heteroatoms. The molecule has 3 aromatic rings. The molecule has 0 saturated heterocycles. The van der Waals surface area contributed by atoms with E-state index in [-0.39, 0.29) is 11.0 Å². The summed E-state index contributed by atoms with van der Waals surface area (Å²) < 4.78 is 0. The van der Waals surface area contributed by atoms with Crippen molar-refractivity contribution in [3.63, 3.8) is 0 Å². The molecule has 2 aliphatic rings. The summed E-state index contributed by atoms with van der Waals surface area (Å²) in [7, 11) is 0. The lowest BCUT2D eigenvalue weighted by Crippen LogP contribution is -2.25. The molecule has 0 atom stereocenters. The van der Waals surface area contributed by atoms with Crippen LogP contribution in [0.15, 0.2) is 101 Å². The third-order valence-electron chi connectivity index (χ3n) is 6.21. The molecule has 5 rings (SSSR count). The average Bonchev–Trinajstić information content (AvgIpc) is 3.36. The van der Waals surface area contributed by atoms with Crippen molar-refractivity contribution >= 4 is 39.9 Å². The van der Waals surface area contributed by atoms with E-state index >= 15 is 0 Å². The molecule has 0 unspecified atom stereocenters. The zero-order valence-corrected chi connectivity index (χ0v) is 21.1. The van der Waals surface area contributed by atoms with Crippen molar-refractivity contribution < 1.29 is 0 Å². The topological polar surface area (TPSA) is 48.8 Å². The number of aliphatic imine (C=N–C) groups is 2. The zero-order chi connectivity index (χ0) is 24.6. The summed E-state index contributed by atoms with van der Waals surface area (Å²) in [6.07, 6.45) is 8.06. The number of benzene rings is 3. The van der Waals surface area contributed by atoms with E-state index in [0.29, 0.717) is 0 Å². The summed E-state index contributed by atoms with van der Waals surface area (Å²) in [6.45, 7) is 11.0. The molecule has 2 aliphatic carbocycles. The van der Waals surface area contributed by atoms with Gasteiger partial charge in [0, 0.05) is 28.0 Å². The first-order valence-electron chi connectivity index (χ1n) is 12.1. The summed E-state index contributed by atoms with van der Waals surface area (Å²) in [5.41, 5.74) is 10.0. The van der Waals surface area contributed by atoms with Crippen LogP contribution in [0, 0.1) is 0 Å². The minimum absolute atomic E-state index is 0.0454. The second kappa shape index (κ2) is 8.70. The molecular formula is C31H32N4. The summed E-state index contributed by atoms with van der Waals surface area (Å²) in [5, 5.41) is 6.93. The molecule has 2 N–H and O–H groups in total. The number of nitrogens with one attached hydrogen (secondary N) is 2. The molecule has 0 aromatic heterocycles. The van der Waals surface area contributed by atoms with E-state index in [1.165, 1.54) is 11.1 Å². The van der Waals surface area contributed by atoms with Crippen LogP contribution in [-0.4, -0.2) is 17.0 Å². The molecule has 35 heavy (non-hydrogen) atoms. The SMILES string of the molecule is CC(C)(C)Nc1ccc(Nc2ccc(N=C3C=CC(=Nc4ccc5c(c4)C5(C)C)C=C3)cc2)cc1. The highest BCUT2D eigenvalue weighted by molar-refractivity contribution is 6.19. The minimum Gasteiger partial charge on any atom is -0.380 e. The highest BCUT2D eigenvalue weighted by Gasteiger charge is 2.41. The van der Waals surface area contributed by atoms with Crippen molar-refractivity contribution in [1.82, 2.24) is 0 Å². The number of fused-ring (bicyclic) bond motifs is 1. The number of allylic oxidation sites excluding steroid dienone is 4. The molecule has 176 valence electrons. The van der Waals surface area contributed by atoms with Crippen LogP contribution >= 0.6 is 0 Å². The maximum absolute atomic E-state index is 4.77. The van der Waals surface area contributed by atoms with Gasteiger partial charge in [-0.3, -0.25) is 0 Å². The molecular weight excluding hydrogens is 428 g/mol. The number of hydrogen-bond donors (Lipinski definition) is 2. The van der Waals surface area contributed by atoms with Gasteiger partial charge in [0.05, 0.1) is 22.8 Å². The van der Waals surface area contributed by atoms with Gasteiger partial charge in [-0.25, -0.2) is 9.98 Å². The lowest BCUT2D eigenvalue weighted by Gasteiger charge is -2.22. The van der Waals surface area contributed by atoms with Crippen LogP contribution in [0.2, 0.25) is 0 Å². The van der Waals surface area contributed by atoms with Crippen LogP contribution in [0.1, 0.15) is 45.7 Å². The Labute approximate surface area is 208 Å². The van der Waals surface area contributed by atoms with Crippen molar-refractivity contribution in [2.45, 2.75) is 45.6 Å². The van der Waals surface area contributed by atoms with Gasteiger partial charge in [0.15, 0.2) is 0 Å². The monoisotopic (exact) mass is 460 g/mol. The van der Waals surface area contributed by atoms with Gasteiger partial charge in [-0.2, -0.15) is 0 Å². The van der Waals surface area contributed by atoms with Crippen LogP contribution < -0.4 is 10.6 Å². The molecule has 0 amide bonds. The molecule has 0 aliphatic heterocycles. The van der Waals surface area contributed by atoms with E-state index in [2.05, 4.69) is 87.7 Å². The average molecular weight is 461 g/mol. The summed E-state index contributed by atoms with van der Waals surface area (Å²) >= 11 is 0. The Bertz CT molecular complexity index is 1340. The number of hydrogen-bond acceptors (Lipinski definition) is 4. The highest BCUT2D eigenvalue weighted by Crippen LogP contribution is 2.50. The fraction of sp³-hybridized carbons (Fsp3) is 0.226. The minimum atomic E-state index is 0.0454. The van der Waals surface area contributed by atoms with E-state index in [0.717, 1.165) is 39.9 Å². The van der Waals surface area contributed by atoms with Crippen molar-refractivity contribution in [2.24, 2.45) is 9.98 Å². The molecule has 0 bridgehead atoms. The summed E-state index contributed by atoms with van der Waals surface area (Å²) in [6, 6.07) is 23.0. The second-order valence-electron chi connectivity index (χ2n) is 10.7. The largest absolute Gasteiger partial charge is 0.380 e. The van der Waals surface area contributed by atoms with Gasteiger partial charge in [-0.1, -0.05) is 19.9 Å². The maximum atomic E-state index is 4.77. The van der Waals surface area contributed by atoms with Crippen LogP contribution in [0.4, 0.5) is 28.4 Å². The third kappa shape index (κ3) is 5.43. The van der Waals surface area contributed by atoms with Gasteiger partial charge in [0.1, 0.15) is 0 Å². The van der Waals surface area contributed by atoms with Gasteiger partial charge < -0.3 is 10.6 Å². The lowest BCUT2D eigenvalue weighted by atomic mass is 10.1. The summed E-state index contributed by atoms with van der Waals surface area (Å²) in [5.74, 6) is 0. The van der Waals surface area contributed by atoms with Crippen LogP contribution in [0.5, 0.6) is 0 Å². The van der Waals surface area contributed by atoms with Crippen molar-refractivity contribution in [2.75, 3.05) is 10.6 Å². The Morgan fingerprint density at radius 2 is 1.09 bits per heavy atom. The zero-order valence-electron chi connectivity index (χ0n) is 21.1. The predicted molar refractivity (Wildman–Crippen MR) is 151 cm³/mol. The second-order valence-corrected chi connectivity index (χ2v) is 10.7. The van der Waals surface area contributed by atoms with E-state index in [9.17, 15) is 0 Å². The molecule has 0 fully saturated rings. The Kier molecular flexibility index (Phi) is 5.68. The van der Waals surface area contributed by atoms with Gasteiger partial charge in [0.2, 0.25) is 0 Å². The van der Waals surface area contributed by atoms with Crippen LogP contribution in [0.3, 0.4) is 0 Å². The normalized spacial score (nSPS) is 15.5. The van der Waals surface area contributed by atoms with E-state index in [1.807, 2.05) is 48.6 Å². The first kappa shape index (κ1) is 22.9. The molecule has 0 radical (unpaired) electrons. The van der Waals surface area contributed by atoms with Gasteiger partial charge >= 0.3 is 0 Å². The molecule has 3 aromatic carbocycles. The summed E-state index contributed by atoms with van der Waals surface area (Å²) in [4.78, 5) is 9.52. The molecule has 4 nitrogen and oxygen atoms in total. The van der Waals surface area contributed by atoms with E-state index in [1.54, 1.807) is 0 Å². The first-order valence-corrected chi connectivity index (χ1v) is 12.1. The Balaban J connectivity index is 1.20. The molecule has 0 saturated carbocycles. The van der Waals surface area contributed by atoms with Gasteiger partial charge in [-0.05, 0) is 117 Å². The fourth-order valence-electron chi connectivity index (χ4n) is 4.27.